The average molecular weight is 328 g/mol. The summed E-state index contributed by atoms with van der Waals surface area (Å²) in [6.07, 6.45) is 3.48. The SMILES string of the molecule is COc1ccc(C)cc1N1CC(C(=O)Nc2cnn(C)c2)CC1=O. The maximum atomic E-state index is 12.4. The van der Waals surface area contributed by atoms with Crippen molar-refractivity contribution in [1.82, 2.24) is 9.78 Å². The quantitative estimate of drug-likeness (QED) is 0.927. The van der Waals surface area contributed by atoms with Gasteiger partial charge in [0.1, 0.15) is 5.75 Å². The van der Waals surface area contributed by atoms with E-state index in [0.717, 1.165) is 5.56 Å². The summed E-state index contributed by atoms with van der Waals surface area (Å²) in [6, 6.07) is 5.66. The topological polar surface area (TPSA) is 76.5 Å². The van der Waals surface area contributed by atoms with E-state index < -0.39 is 5.92 Å². The largest absolute Gasteiger partial charge is 0.495 e. The molecule has 1 aromatic heterocycles. The Bertz CT molecular complexity index is 784. The van der Waals surface area contributed by atoms with Crippen LogP contribution in [0.2, 0.25) is 0 Å². The third kappa shape index (κ3) is 3.10. The summed E-state index contributed by atoms with van der Waals surface area (Å²) in [5.74, 6) is -0.0269. The fourth-order valence-electron chi connectivity index (χ4n) is 2.86. The van der Waals surface area contributed by atoms with Gasteiger partial charge < -0.3 is 15.0 Å². The zero-order valence-corrected chi connectivity index (χ0v) is 13.9. The van der Waals surface area contributed by atoms with E-state index in [1.54, 1.807) is 36.1 Å². The molecule has 1 saturated heterocycles. The maximum Gasteiger partial charge on any atom is 0.229 e. The van der Waals surface area contributed by atoms with Gasteiger partial charge in [-0.15, -0.1) is 0 Å². The highest BCUT2D eigenvalue weighted by atomic mass is 16.5. The van der Waals surface area contributed by atoms with E-state index in [1.807, 2.05) is 25.1 Å². The van der Waals surface area contributed by atoms with Gasteiger partial charge in [-0.05, 0) is 24.6 Å². The van der Waals surface area contributed by atoms with Gasteiger partial charge in [0.2, 0.25) is 11.8 Å². The van der Waals surface area contributed by atoms with E-state index in [2.05, 4.69) is 10.4 Å². The van der Waals surface area contributed by atoms with Crippen molar-refractivity contribution in [3.05, 3.63) is 36.2 Å². The molecule has 7 heteroatoms. The molecule has 3 rings (SSSR count). The number of aryl methyl sites for hydroxylation is 2. The second kappa shape index (κ2) is 6.35. The highest BCUT2D eigenvalue weighted by molar-refractivity contribution is 6.04. The van der Waals surface area contributed by atoms with E-state index >= 15 is 0 Å². The summed E-state index contributed by atoms with van der Waals surface area (Å²) in [7, 11) is 3.35. The number of hydrogen-bond donors (Lipinski definition) is 1. The molecular formula is C17H20N4O3. The maximum absolute atomic E-state index is 12.4. The first-order chi connectivity index (χ1) is 11.5. The number of anilines is 2. The molecule has 0 saturated carbocycles. The van der Waals surface area contributed by atoms with Crippen LogP contribution in [0.25, 0.3) is 0 Å². The number of amides is 2. The molecule has 2 aromatic rings. The van der Waals surface area contributed by atoms with Gasteiger partial charge in [0.15, 0.2) is 0 Å². The zero-order chi connectivity index (χ0) is 17.3. The number of ether oxygens (including phenoxy) is 1. The second-order valence-corrected chi connectivity index (χ2v) is 5.97. The molecule has 24 heavy (non-hydrogen) atoms. The Morgan fingerprint density at radius 2 is 2.21 bits per heavy atom. The molecule has 1 fully saturated rings. The molecule has 126 valence electrons. The van der Waals surface area contributed by atoms with E-state index in [0.29, 0.717) is 23.7 Å². The van der Waals surface area contributed by atoms with Crippen LogP contribution in [0.5, 0.6) is 5.75 Å². The molecule has 1 N–H and O–H groups in total. The number of methoxy groups -OCH3 is 1. The summed E-state index contributed by atoms with van der Waals surface area (Å²) in [6.45, 7) is 2.29. The summed E-state index contributed by atoms with van der Waals surface area (Å²) in [5, 5.41) is 6.82. The molecule has 0 bridgehead atoms. The van der Waals surface area contributed by atoms with Crippen LogP contribution in [-0.2, 0) is 16.6 Å². The number of carbonyl (C=O) groups excluding carboxylic acids is 2. The van der Waals surface area contributed by atoms with E-state index in [9.17, 15) is 9.59 Å². The Balaban J connectivity index is 1.76. The van der Waals surface area contributed by atoms with Crippen LogP contribution in [-0.4, -0.2) is 35.2 Å². The smallest absolute Gasteiger partial charge is 0.229 e. The Morgan fingerprint density at radius 1 is 1.42 bits per heavy atom. The average Bonchev–Trinajstić information content (AvgIpc) is 3.13. The predicted octanol–water partition coefficient (Wildman–Crippen LogP) is 1.73. The van der Waals surface area contributed by atoms with Crippen molar-refractivity contribution in [2.24, 2.45) is 13.0 Å². The molecule has 0 radical (unpaired) electrons. The molecule has 1 aliphatic rings. The van der Waals surface area contributed by atoms with Gasteiger partial charge in [0, 0.05) is 26.2 Å². The molecule has 2 amide bonds. The number of benzene rings is 1. The zero-order valence-electron chi connectivity index (χ0n) is 13.9. The highest BCUT2D eigenvalue weighted by Gasteiger charge is 2.36. The Kier molecular flexibility index (Phi) is 4.24. The van der Waals surface area contributed by atoms with Gasteiger partial charge in [-0.2, -0.15) is 5.10 Å². The minimum atomic E-state index is -0.400. The summed E-state index contributed by atoms with van der Waals surface area (Å²) >= 11 is 0. The second-order valence-electron chi connectivity index (χ2n) is 5.97. The third-order valence-electron chi connectivity index (χ3n) is 4.09. The van der Waals surface area contributed by atoms with E-state index in [1.165, 1.54) is 0 Å². The van der Waals surface area contributed by atoms with Gasteiger partial charge in [-0.1, -0.05) is 6.07 Å². The summed E-state index contributed by atoms with van der Waals surface area (Å²) in [4.78, 5) is 26.4. The molecule has 1 aromatic carbocycles. The number of nitrogens with one attached hydrogen (secondary N) is 1. The van der Waals surface area contributed by atoms with Gasteiger partial charge in [-0.3, -0.25) is 14.3 Å². The molecule has 0 spiro atoms. The van der Waals surface area contributed by atoms with Crippen molar-refractivity contribution in [2.75, 3.05) is 23.9 Å². The first-order valence-electron chi connectivity index (χ1n) is 7.72. The summed E-state index contributed by atoms with van der Waals surface area (Å²) in [5.41, 5.74) is 2.36. The lowest BCUT2D eigenvalue weighted by molar-refractivity contribution is -0.122. The predicted molar refractivity (Wildman–Crippen MR) is 90.0 cm³/mol. The minimum Gasteiger partial charge on any atom is -0.495 e. The number of hydrogen-bond acceptors (Lipinski definition) is 4. The number of aromatic nitrogens is 2. The van der Waals surface area contributed by atoms with Gasteiger partial charge in [0.05, 0.1) is 30.6 Å². The fourth-order valence-corrected chi connectivity index (χ4v) is 2.86. The van der Waals surface area contributed by atoms with Crippen molar-refractivity contribution in [1.29, 1.82) is 0 Å². The molecule has 7 nitrogen and oxygen atoms in total. The first-order valence-corrected chi connectivity index (χ1v) is 7.72. The lowest BCUT2D eigenvalue weighted by Crippen LogP contribution is -2.28. The lowest BCUT2D eigenvalue weighted by Gasteiger charge is -2.20. The van der Waals surface area contributed by atoms with Crippen LogP contribution in [0, 0.1) is 12.8 Å². The van der Waals surface area contributed by atoms with Crippen molar-refractivity contribution in [3.8, 4) is 5.75 Å². The summed E-state index contributed by atoms with van der Waals surface area (Å²) < 4.78 is 6.96. The molecule has 1 atom stereocenters. The number of rotatable bonds is 4. The van der Waals surface area contributed by atoms with E-state index in [-0.39, 0.29) is 18.2 Å². The van der Waals surface area contributed by atoms with Crippen LogP contribution in [0.4, 0.5) is 11.4 Å². The van der Waals surface area contributed by atoms with Crippen LogP contribution >= 0.6 is 0 Å². The first kappa shape index (κ1) is 16.0. The van der Waals surface area contributed by atoms with Gasteiger partial charge >= 0.3 is 0 Å². The van der Waals surface area contributed by atoms with Crippen LogP contribution < -0.4 is 15.0 Å². The van der Waals surface area contributed by atoms with Crippen molar-refractivity contribution in [2.45, 2.75) is 13.3 Å². The minimum absolute atomic E-state index is 0.0785. The Hall–Kier alpha value is -2.83. The van der Waals surface area contributed by atoms with Gasteiger partial charge in [0.25, 0.3) is 0 Å². The Labute approximate surface area is 140 Å². The number of carbonyl (C=O) groups is 2. The van der Waals surface area contributed by atoms with Crippen molar-refractivity contribution < 1.29 is 14.3 Å². The van der Waals surface area contributed by atoms with Gasteiger partial charge in [-0.25, -0.2) is 0 Å². The molecule has 1 aliphatic heterocycles. The van der Waals surface area contributed by atoms with Crippen LogP contribution in [0.1, 0.15) is 12.0 Å². The van der Waals surface area contributed by atoms with Crippen LogP contribution in [0.15, 0.2) is 30.6 Å². The third-order valence-corrected chi connectivity index (χ3v) is 4.09. The fraction of sp³-hybridized carbons (Fsp3) is 0.353. The number of nitrogens with zero attached hydrogens (tertiary/aromatic N) is 3. The highest BCUT2D eigenvalue weighted by Crippen LogP contribution is 2.34. The molecular weight excluding hydrogens is 308 g/mol. The van der Waals surface area contributed by atoms with E-state index in [4.69, 9.17) is 4.74 Å². The lowest BCUT2D eigenvalue weighted by atomic mass is 10.1. The van der Waals surface area contributed by atoms with Crippen LogP contribution in [0.3, 0.4) is 0 Å². The monoisotopic (exact) mass is 328 g/mol. The standard InChI is InChI=1S/C17H20N4O3/c1-11-4-5-15(24-3)14(6-11)21-9-12(7-16(21)22)17(23)19-13-8-18-20(2)10-13/h4-6,8,10,12H,7,9H2,1-3H3,(H,19,23). The molecule has 2 heterocycles. The van der Waals surface area contributed by atoms with Crippen molar-refractivity contribution >= 4 is 23.2 Å². The molecule has 1 unspecified atom stereocenters. The molecule has 0 aliphatic carbocycles. The normalized spacial score (nSPS) is 17.2. The Morgan fingerprint density at radius 3 is 2.88 bits per heavy atom. The van der Waals surface area contributed by atoms with Crippen molar-refractivity contribution in [3.63, 3.8) is 0 Å².